The zero-order chi connectivity index (χ0) is 9.80. The molecule has 1 fully saturated rings. The van der Waals surface area contributed by atoms with E-state index in [0.717, 1.165) is 13.1 Å². The van der Waals surface area contributed by atoms with E-state index >= 15 is 0 Å². The van der Waals surface area contributed by atoms with Crippen LogP contribution in [0.3, 0.4) is 0 Å². The fourth-order valence-corrected chi connectivity index (χ4v) is 1.39. The Morgan fingerprint density at radius 1 is 1.43 bits per heavy atom. The molecule has 0 bridgehead atoms. The first-order valence-corrected chi connectivity index (χ1v) is 4.65. The van der Waals surface area contributed by atoms with Crippen molar-refractivity contribution in [3.63, 3.8) is 0 Å². The molecule has 5 heteroatoms. The Morgan fingerprint density at radius 3 is 2.93 bits per heavy atom. The number of hydrogen-bond donors (Lipinski definition) is 1. The predicted octanol–water partition coefficient (Wildman–Crippen LogP) is -0.195. The summed E-state index contributed by atoms with van der Waals surface area (Å²) in [5.41, 5.74) is 0.654. The summed E-state index contributed by atoms with van der Waals surface area (Å²) in [4.78, 5) is 10.4. The summed E-state index contributed by atoms with van der Waals surface area (Å²) in [6, 6.07) is 1.71. The summed E-state index contributed by atoms with van der Waals surface area (Å²) in [5, 5.41) is 8.93. The lowest BCUT2D eigenvalue weighted by atomic mass is 10.4. The lowest BCUT2D eigenvalue weighted by Crippen LogP contribution is -2.37. The van der Waals surface area contributed by atoms with Gasteiger partial charge in [-0.05, 0) is 6.07 Å². The molecule has 76 valence electrons. The van der Waals surface area contributed by atoms with Gasteiger partial charge >= 0.3 is 0 Å². The van der Waals surface area contributed by atoms with Crippen LogP contribution in [-0.4, -0.2) is 41.4 Å². The Balaban J connectivity index is 2.13. The van der Waals surface area contributed by atoms with Gasteiger partial charge in [-0.15, -0.1) is 0 Å². The molecular formula is C9H13N3O2. The Hall–Kier alpha value is -1.20. The highest BCUT2D eigenvalue weighted by atomic mass is 16.5. The van der Waals surface area contributed by atoms with Crippen LogP contribution in [0.25, 0.3) is 0 Å². The molecule has 2 rings (SSSR count). The largest absolute Gasteiger partial charge is 0.390 e. The topological polar surface area (TPSA) is 58.5 Å². The van der Waals surface area contributed by atoms with Gasteiger partial charge in [0.2, 0.25) is 5.95 Å². The van der Waals surface area contributed by atoms with Gasteiger partial charge < -0.3 is 14.7 Å². The van der Waals surface area contributed by atoms with Crippen LogP contribution in [-0.2, 0) is 11.3 Å². The smallest absolute Gasteiger partial charge is 0.225 e. The molecule has 1 saturated heterocycles. The number of aliphatic hydroxyl groups excluding tert-OH is 1. The van der Waals surface area contributed by atoms with Crippen LogP contribution in [0.4, 0.5) is 5.95 Å². The van der Waals surface area contributed by atoms with Crippen molar-refractivity contribution in [3.8, 4) is 0 Å². The molecular weight excluding hydrogens is 182 g/mol. The molecule has 0 saturated carbocycles. The Morgan fingerprint density at radius 2 is 2.21 bits per heavy atom. The summed E-state index contributed by atoms with van der Waals surface area (Å²) < 4.78 is 5.23. The van der Waals surface area contributed by atoms with Crippen molar-refractivity contribution in [3.05, 3.63) is 18.0 Å². The summed E-state index contributed by atoms with van der Waals surface area (Å²) in [7, 11) is 0. The molecule has 2 heterocycles. The highest BCUT2D eigenvalue weighted by Gasteiger charge is 2.13. The van der Waals surface area contributed by atoms with Gasteiger partial charge in [0.05, 0.1) is 25.5 Å². The summed E-state index contributed by atoms with van der Waals surface area (Å²) in [6.07, 6.45) is 1.67. The quantitative estimate of drug-likeness (QED) is 0.708. The minimum absolute atomic E-state index is 0.0418. The highest BCUT2D eigenvalue weighted by Crippen LogP contribution is 2.09. The zero-order valence-electron chi connectivity index (χ0n) is 7.89. The van der Waals surface area contributed by atoms with Crippen molar-refractivity contribution in [2.45, 2.75) is 6.61 Å². The standard InChI is InChI=1S/C9H13N3O2/c13-7-8-1-2-10-9(11-8)12-3-5-14-6-4-12/h1-2,13H,3-7H2. The number of anilines is 1. The number of nitrogens with zero attached hydrogens (tertiary/aromatic N) is 3. The maximum atomic E-state index is 8.93. The Labute approximate surface area is 82.4 Å². The Kier molecular flexibility index (Phi) is 2.90. The predicted molar refractivity (Wildman–Crippen MR) is 51.0 cm³/mol. The molecule has 0 radical (unpaired) electrons. The van der Waals surface area contributed by atoms with Crippen LogP contribution < -0.4 is 4.90 Å². The van der Waals surface area contributed by atoms with Crippen LogP contribution in [0.2, 0.25) is 0 Å². The van der Waals surface area contributed by atoms with Crippen LogP contribution in [0.5, 0.6) is 0 Å². The first-order chi connectivity index (χ1) is 6.90. The SMILES string of the molecule is OCc1ccnc(N2CCOCC2)n1. The van der Waals surface area contributed by atoms with Gasteiger partial charge in [-0.2, -0.15) is 0 Å². The number of rotatable bonds is 2. The summed E-state index contributed by atoms with van der Waals surface area (Å²) >= 11 is 0. The third-order valence-corrected chi connectivity index (χ3v) is 2.16. The van der Waals surface area contributed by atoms with E-state index in [9.17, 15) is 0 Å². The molecule has 5 nitrogen and oxygen atoms in total. The van der Waals surface area contributed by atoms with Gasteiger partial charge in [0.25, 0.3) is 0 Å². The van der Waals surface area contributed by atoms with Crippen molar-refractivity contribution < 1.29 is 9.84 Å². The van der Waals surface area contributed by atoms with Crippen molar-refractivity contribution in [1.82, 2.24) is 9.97 Å². The average molecular weight is 195 g/mol. The summed E-state index contributed by atoms with van der Waals surface area (Å²) in [5.74, 6) is 0.680. The molecule has 0 aliphatic carbocycles. The minimum atomic E-state index is -0.0418. The van der Waals surface area contributed by atoms with Crippen LogP contribution in [0.1, 0.15) is 5.69 Å². The normalized spacial score (nSPS) is 17.1. The van der Waals surface area contributed by atoms with Gasteiger partial charge in [-0.25, -0.2) is 9.97 Å². The van der Waals surface area contributed by atoms with Crippen molar-refractivity contribution in [2.75, 3.05) is 31.2 Å². The van der Waals surface area contributed by atoms with Crippen molar-refractivity contribution >= 4 is 5.95 Å². The molecule has 1 N–H and O–H groups in total. The Bertz CT molecular complexity index is 300. The van der Waals surface area contributed by atoms with E-state index in [0.29, 0.717) is 24.9 Å². The number of ether oxygens (including phenoxy) is 1. The fraction of sp³-hybridized carbons (Fsp3) is 0.556. The monoisotopic (exact) mass is 195 g/mol. The molecule has 0 aromatic carbocycles. The zero-order valence-corrected chi connectivity index (χ0v) is 7.89. The first kappa shape index (κ1) is 9.36. The lowest BCUT2D eigenvalue weighted by molar-refractivity contribution is 0.122. The lowest BCUT2D eigenvalue weighted by Gasteiger charge is -2.26. The van der Waals surface area contributed by atoms with E-state index < -0.39 is 0 Å². The molecule has 1 aromatic heterocycles. The van der Waals surface area contributed by atoms with E-state index in [-0.39, 0.29) is 6.61 Å². The van der Waals surface area contributed by atoms with E-state index in [4.69, 9.17) is 9.84 Å². The van der Waals surface area contributed by atoms with Gasteiger partial charge in [0.15, 0.2) is 0 Å². The number of morpholine rings is 1. The van der Waals surface area contributed by atoms with E-state index in [2.05, 4.69) is 14.9 Å². The van der Waals surface area contributed by atoms with Gasteiger partial charge in [0, 0.05) is 19.3 Å². The second kappa shape index (κ2) is 4.34. The maximum absolute atomic E-state index is 8.93. The molecule has 14 heavy (non-hydrogen) atoms. The summed E-state index contributed by atoms with van der Waals surface area (Å²) in [6.45, 7) is 3.02. The van der Waals surface area contributed by atoms with E-state index in [1.807, 2.05) is 0 Å². The molecule has 0 spiro atoms. The van der Waals surface area contributed by atoms with Crippen LogP contribution in [0, 0.1) is 0 Å². The number of aromatic nitrogens is 2. The minimum Gasteiger partial charge on any atom is -0.390 e. The number of hydrogen-bond acceptors (Lipinski definition) is 5. The van der Waals surface area contributed by atoms with E-state index in [1.54, 1.807) is 12.3 Å². The number of aliphatic hydroxyl groups is 1. The van der Waals surface area contributed by atoms with Gasteiger partial charge in [-0.3, -0.25) is 0 Å². The second-order valence-corrected chi connectivity index (χ2v) is 3.11. The fourth-order valence-electron chi connectivity index (χ4n) is 1.39. The average Bonchev–Trinajstić information content (AvgIpc) is 2.30. The van der Waals surface area contributed by atoms with Gasteiger partial charge in [0.1, 0.15) is 0 Å². The molecule has 1 aliphatic heterocycles. The van der Waals surface area contributed by atoms with Crippen molar-refractivity contribution in [2.24, 2.45) is 0 Å². The molecule has 0 amide bonds. The third-order valence-electron chi connectivity index (χ3n) is 2.16. The first-order valence-electron chi connectivity index (χ1n) is 4.65. The van der Waals surface area contributed by atoms with Crippen LogP contribution >= 0.6 is 0 Å². The molecule has 0 unspecified atom stereocenters. The van der Waals surface area contributed by atoms with Gasteiger partial charge in [-0.1, -0.05) is 0 Å². The third kappa shape index (κ3) is 2.00. The van der Waals surface area contributed by atoms with E-state index in [1.165, 1.54) is 0 Å². The maximum Gasteiger partial charge on any atom is 0.225 e. The highest BCUT2D eigenvalue weighted by molar-refractivity contribution is 5.30. The second-order valence-electron chi connectivity index (χ2n) is 3.11. The molecule has 1 aromatic rings. The van der Waals surface area contributed by atoms with Crippen molar-refractivity contribution in [1.29, 1.82) is 0 Å². The molecule has 0 atom stereocenters. The van der Waals surface area contributed by atoms with Crippen LogP contribution in [0.15, 0.2) is 12.3 Å². The molecule has 1 aliphatic rings.